The maximum Gasteiger partial charge on any atom is 0.337 e. The highest BCUT2D eigenvalue weighted by molar-refractivity contribution is 6.04. The van der Waals surface area contributed by atoms with Gasteiger partial charge in [0.2, 0.25) is 0 Å². The van der Waals surface area contributed by atoms with Gasteiger partial charge in [0.25, 0.3) is 0 Å². The van der Waals surface area contributed by atoms with Crippen LogP contribution in [0.5, 0.6) is 11.5 Å². The van der Waals surface area contributed by atoms with Crippen LogP contribution in [-0.2, 0) is 20.9 Å². The Morgan fingerprint density at radius 1 is 1.00 bits per heavy atom. The minimum atomic E-state index is -0.645. The number of benzene rings is 3. The molecule has 1 aliphatic heterocycles. The van der Waals surface area contributed by atoms with Crippen LogP contribution in [0.2, 0.25) is 0 Å². The molecule has 1 heterocycles. The van der Waals surface area contributed by atoms with Crippen LogP contribution in [-0.4, -0.2) is 24.0 Å². The van der Waals surface area contributed by atoms with Crippen molar-refractivity contribution in [1.29, 1.82) is 0 Å². The number of esters is 1. The summed E-state index contributed by atoms with van der Waals surface area (Å²) in [7, 11) is 1.63. The van der Waals surface area contributed by atoms with E-state index in [1.165, 1.54) is 0 Å². The summed E-state index contributed by atoms with van der Waals surface area (Å²) in [6.07, 6.45) is 0.889. The number of phenolic OH excluding ortho intramolecular Hbond substituents is 1. The van der Waals surface area contributed by atoms with Gasteiger partial charge < -0.3 is 19.9 Å². The molecule has 0 bridgehead atoms. The van der Waals surface area contributed by atoms with Crippen LogP contribution in [0.3, 0.4) is 0 Å². The summed E-state index contributed by atoms with van der Waals surface area (Å²) in [6, 6.07) is 22.3. The van der Waals surface area contributed by atoms with E-state index in [4.69, 9.17) is 9.47 Å². The van der Waals surface area contributed by atoms with Crippen molar-refractivity contribution in [2.24, 2.45) is 0 Å². The van der Waals surface area contributed by atoms with Crippen molar-refractivity contribution in [2.75, 3.05) is 7.11 Å². The first kappa shape index (κ1) is 25.3. The zero-order valence-electron chi connectivity index (χ0n) is 21.8. The van der Waals surface area contributed by atoms with Gasteiger partial charge >= 0.3 is 5.97 Å². The number of ketones is 1. The molecule has 194 valence electrons. The molecule has 0 saturated carbocycles. The van der Waals surface area contributed by atoms with Gasteiger partial charge in [-0.2, -0.15) is 0 Å². The number of allylic oxidation sites excluding steroid dienone is 3. The number of carbonyl (C=O) groups excluding carboxylic acids is 2. The van der Waals surface area contributed by atoms with E-state index in [2.05, 4.69) is 5.32 Å². The van der Waals surface area contributed by atoms with E-state index in [0.29, 0.717) is 35.2 Å². The average Bonchev–Trinajstić information content (AvgIpc) is 2.91. The fraction of sp³-hybridized carbons (Fsp3) is 0.250. The van der Waals surface area contributed by atoms with Crippen LogP contribution in [0.4, 0.5) is 0 Å². The molecule has 3 aromatic rings. The normalized spacial score (nSPS) is 19.1. The minimum Gasteiger partial charge on any atom is -0.508 e. The van der Waals surface area contributed by atoms with E-state index in [9.17, 15) is 14.7 Å². The number of hydrogen-bond donors (Lipinski definition) is 2. The second kappa shape index (κ2) is 10.6. The summed E-state index contributed by atoms with van der Waals surface area (Å²) in [5.41, 5.74) is 5.97. The van der Waals surface area contributed by atoms with Crippen LogP contribution >= 0.6 is 0 Å². The Labute approximate surface area is 222 Å². The number of rotatable bonds is 6. The number of phenols is 1. The van der Waals surface area contributed by atoms with Crippen LogP contribution in [0, 0.1) is 6.92 Å². The quantitative estimate of drug-likeness (QED) is 0.408. The smallest absolute Gasteiger partial charge is 0.337 e. The number of methoxy groups -OCH3 is 1. The topological polar surface area (TPSA) is 84.9 Å². The third-order valence-corrected chi connectivity index (χ3v) is 7.45. The molecule has 0 radical (unpaired) electrons. The first-order valence-electron chi connectivity index (χ1n) is 12.7. The molecule has 5 rings (SSSR count). The van der Waals surface area contributed by atoms with Gasteiger partial charge in [-0.25, -0.2) is 4.79 Å². The summed E-state index contributed by atoms with van der Waals surface area (Å²) in [4.78, 5) is 27.4. The predicted molar refractivity (Wildman–Crippen MR) is 145 cm³/mol. The van der Waals surface area contributed by atoms with Crippen molar-refractivity contribution in [3.63, 3.8) is 0 Å². The van der Waals surface area contributed by atoms with Gasteiger partial charge in [-0.1, -0.05) is 54.6 Å². The molecule has 0 amide bonds. The highest BCUT2D eigenvalue weighted by atomic mass is 16.5. The lowest BCUT2D eigenvalue weighted by atomic mass is 9.71. The Morgan fingerprint density at radius 2 is 1.76 bits per heavy atom. The molecule has 0 spiro atoms. The standard InChI is InChI=1S/C32H31NO5/c1-19-9-4-5-10-22(19)18-38-32(36)29-20(2)33-26-16-23(25-13-6-7-14-28(25)37-3)17-27(35)31(26)30(29)21-11-8-12-24(34)15-21/h4-15,23,30,33-34H,16-18H2,1-3H3/t23-,30-/m1/s1. The van der Waals surface area contributed by atoms with Crippen LogP contribution in [0.1, 0.15) is 53.9 Å². The molecule has 0 saturated heterocycles. The molecular weight excluding hydrogens is 478 g/mol. The molecule has 0 unspecified atom stereocenters. The first-order chi connectivity index (χ1) is 18.4. The Hall–Kier alpha value is -4.32. The molecule has 2 N–H and O–H groups in total. The third kappa shape index (κ3) is 4.82. The monoisotopic (exact) mass is 509 g/mol. The number of hydrogen-bond acceptors (Lipinski definition) is 6. The average molecular weight is 510 g/mol. The molecule has 2 aliphatic rings. The predicted octanol–water partition coefficient (Wildman–Crippen LogP) is 5.81. The molecule has 38 heavy (non-hydrogen) atoms. The molecule has 0 fully saturated rings. The van der Waals surface area contributed by atoms with Crippen LogP contribution < -0.4 is 10.1 Å². The molecule has 0 aromatic heterocycles. The molecule has 6 nitrogen and oxygen atoms in total. The van der Waals surface area contributed by atoms with Crippen molar-refractivity contribution in [2.45, 2.75) is 45.1 Å². The molecule has 1 aliphatic carbocycles. The number of ether oxygens (including phenoxy) is 2. The van der Waals surface area contributed by atoms with Crippen molar-refractivity contribution in [3.8, 4) is 11.5 Å². The fourth-order valence-electron chi connectivity index (χ4n) is 5.56. The highest BCUT2D eigenvalue weighted by Crippen LogP contribution is 2.47. The zero-order valence-corrected chi connectivity index (χ0v) is 21.8. The van der Waals surface area contributed by atoms with E-state index in [-0.39, 0.29) is 24.1 Å². The fourth-order valence-corrected chi connectivity index (χ4v) is 5.56. The summed E-state index contributed by atoms with van der Waals surface area (Å²) >= 11 is 0. The van der Waals surface area contributed by atoms with Crippen LogP contribution in [0.15, 0.2) is 95.3 Å². The molecule has 6 heteroatoms. The second-order valence-corrected chi connectivity index (χ2v) is 9.86. The summed E-state index contributed by atoms with van der Waals surface area (Å²) in [6.45, 7) is 3.94. The lowest BCUT2D eigenvalue weighted by Gasteiger charge is -2.37. The van der Waals surface area contributed by atoms with E-state index in [1.54, 1.807) is 25.3 Å². The lowest BCUT2D eigenvalue weighted by molar-refractivity contribution is -0.140. The van der Waals surface area contributed by atoms with Crippen molar-refractivity contribution in [1.82, 2.24) is 5.32 Å². The van der Waals surface area contributed by atoms with E-state index in [0.717, 1.165) is 28.1 Å². The summed E-state index contributed by atoms with van der Waals surface area (Å²) < 4.78 is 11.4. The number of nitrogens with one attached hydrogen (secondary N) is 1. The maximum atomic E-state index is 13.8. The lowest BCUT2D eigenvalue weighted by Crippen LogP contribution is -2.36. The van der Waals surface area contributed by atoms with Gasteiger partial charge in [0.15, 0.2) is 5.78 Å². The third-order valence-electron chi connectivity index (χ3n) is 7.45. The van der Waals surface area contributed by atoms with Gasteiger partial charge in [-0.15, -0.1) is 0 Å². The van der Waals surface area contributed by atoms with E-state index < -0.39 is 11.9 Å². The summed E-state index contributed by atoms with van der Waals surface area (Å²) in [5.74, 6) is -0.408. The first-order valence-corrected chi connectivity index (χ1v) is 12.7. The number of para-hydroxylation sites is 1. The van der Waals surface area contributed by atoms with E-state index in [1.807, 2.05) is 68.4 Å². The Morgan fingerprint density at radius 3 is 2.53 bits per heavy atom. The van der Waals surface area contributed by atoms with Crippen LogP contribution in [0.25, 0.3) is 0 Å². The zero-order chi connectivity index (χ0) is 26.8. The Bertz CT molecular complexity index is 1470. The number of aryl methyl sites for hydroxylation is 1. The highest BCUT2D eigenvalue weighted by Gasteiger charge is 2.42. The van der Waals surface area contributed by atoms with Gasteiger partial charge in [0.05, 0.1) is 12.7 Å². The van der Waals surface area contributed by atoms with E-state index >= 15 is 0 Å². The number of dihydropyridines is 1. The van der Waals surface area contributed by atoms with Crippen molar-refractivity contribution < 1.29 is 24.2 Å². The minimum absolute atomic E-state index is 0.0419. The van der Waals surface area contributed by atoms with Gasteiger partial charge in [0.1, 0.15) is 18.1 Å². The van der Waals surface area contributed by atoms with Gasteiger partial charge in [-0.05, 0) is 60.7 Å². The van der Waals surface area contributed by atoms with Crippen molar-refractivity contribution >= 4 is 11.8 Å². The number of Topliss-reactive ketones (excluding diaryl/α,β-unsaturated/α-hetero) is 1. The molecule has 2 atom stereocenters. The number of aromatic hydroxyl groups is 1. The Kier molecular flexibility index (Phi) is 7.05. The SMILES string of the molecule is COc1ccccc1[C@H]1CC(=O)C2=C(C1)NC(C)=C(C(=O)OCc1ccccc1C)[C@H]2c1cccc(O)c1. The second-order valence-electron chi connectivity index (χ2n) is 9.86. The Balaban J connectivity index is 1.52. The maximum absolute atomic E-state index is 13.8. The van der Waals surface area contributed by atoms with Crippen molar-refractivity contribution in [3.05, 3.63) is 118 Å². The number of carbonyl (C=O) groups is 2. The largest absolute Gasteiger partial charge is 0.508 e. The van der Waals surface area contributed by atoms with Gasteiger partial charge in [0, 0.05) is 35.2 Å². The summed E-state index contributed by atoms with van der Waals surface area (Å²) in [5, 5.41) is 13.6. The van der Waals surface area contributed by atoms with Gasteiger partial charge in [-0.3, -0.25) is 4.79 Å². The molecular formula is C32H31NO5. The molecule has 3 aromatic carbocycles.